The number of hydrogen-bond donors (Lipinski definition) is 3. The highest BCUT2D eigenvalue weighted by molar-refractivity contribution is 6.35. The van der Waals surface area contributed by atoms with Crippen LogP contribution in [0, 0.1) is 0 Å². The van der Waals surface area contributed by atoms with Gasteiger partial charge in [0, 0.05) is 35.6 Å². The molecular formula is C17H26Cl2N4O. The molecule has 1 atom stereocenters. The lowest BCUT2D eigenvalue weighted by Crippen LogP contribution is -2.40. The van der Waals surface area contributed by atoms with Gasteiger partial charge in [-0.2, -0.15) is 0 Å². The van der Waals surface area contributed by atoms with Gasteiger partial charge in [-0.1, -0.05) is 36.2 Å². The van der Waals surface area contributed by atoms with E-state index in [4.69, 9.17) is 23.2 Å². The van der Waals surface area contributed by atoms with E-state index >= 15 is 0 Å². The second-order valence-electron chi connectivity index (χ2n) is 5.48. The van der Waals surface area contributed by atoms with E-state index in [1.807, 2.05) is 26.8 Å². The average molecular weight is 373 g/mol. The van der Waals surface area contributed by atoms with Crippen LogP contribution < -0.4 is 16.0 Å². The van der Waals surface area contributed by atoms with Crippen LogP contribution in [0.5, 0.6) is 0 Å². The van der Waals surface area contributed by atoms with Crippen LogP contribution in [0.3, 0.4) is 0 Å². The molecule has 0 aliphatic carbocycles. The van der Waals surface area contributed by atoms with Crippen LogP contribution >= 0.6 is 23.2 Å². The van der Waals surface area contributed by atoms with Crippen LogP contribution in [-0.4, -0.2) is 31.0 Å². The number of amides is 1. The van der Waals surface area contributed by atoms with Crippen molar-refractivity contribution in [1.82, 2.24) is 16.0 Å². The molecule has 0 spiro atoms. The fraction of sp³-hybridized carbons (Fsp3) is 0.529. The van der Waals surface area contributed by atoms with Crippen molar-refractivity contribution in [3.63, 3.8) is 0 Å². The van der Waals surface area contributed by atoms with Crippen LogP contribution in [0.2, 0.25) is 10.0 Å². The number of aliphatic imine (C=N–C) groups is 1. The monoisotopic (exact) mass is 372 g/mol. The lowest BCUT2D eigenvalue weighted by molar-refractivity contribution is -0.121. The maximum Gasteiger partial charge on any atom is 0.221 e. The van der Waals surface area contributed by atoms with Crippen molar-refractivity contribution in [1.29, 1.82) is 0 Å². The van der Waals surface area contributed by atoms with Gasteiger partial charge in [-0.05, 0) is 38.0 Å². The highest BCUT2D eigenvalue weighted by atomic mass is 35.5. The third-order valence-electron chi connectivity index (χ3n) is 3.43. The van der Waals surface area contributed by atoms with Gasteiger partial charge in [0.1, 0.15) is 0 Å². The summed E-state index contributed by atoms with van der Waals surface area (Å²) in [7, 11) is 0. The van der Waals surface area contributed by atoms with E-state index in [2.05, 4.69) is 20.9 Å². The number of guanidine groups is 1. The van der Waals surface area contributed by atoms with Crippen molar-refractivity contribution in [3.8, 4) is 0 Å². The van der Waals surface area contributed by atoms with Gasteiger partial charge in [-0.3, -0.25) is 4.79 Å². The van der Waals surface area contributed by atoms with Crippen molar-refractivity contribution < 1.29 is 4.79 Å². The Balaban J connectivity index is 2.52. The van der Waals surface area contributed by atoms with Crippen LogP contribution in [0.4, 0.5) is 0 Å². The molecule has 0 radical (unpaired) electrons. The quantitative estimate of drug-likeness (QED) is 0.484. The molecule has 5 nitrogen and oxygen atoms in total. The zero-order chi connectivity index (χ0) is 17.9. The Morgan fingerprint density at radius 1 is 1.25 bits per heavy atom. The largest absolute Gasteiger partial charge is 0.357 e. The highest BCUT2D eigenvalue weighted by Gasteiger charge is 2.06. The predicted octanol–water partition coefficient (Wildman–Crippen LogP) is 3.35. The van der Waals surface area contributed by atoms with Crippen LogP contribution in [-0.2, 0) is 11.3 Å². The summed E-state index contributed by atoms with van der Waals surface area (Å²) in [5.74, 6) is 0.688. The lowest BCUT2D eigenvalue weighted by Gasteiger charge is -2.13. The number of carbonyl (C=O) groups is 1. The zero-order valence-corrected chi connectivity index (χ0v) is 16.0. The van der Waals surface area contributed by atoms with Gasteiger partial charge in [0.05, 0.1) is 6.54 Å². The van der Waals surface area contributed by atoms with Crippen LogP contribution in [0.25, 0.3) is 0 Å². The van der Waals surface area contributed by atoms with Gasteiger partial charge in [0.2, 0.25) is 5.91 Å². The number of nitrogens with zero attached hydrogens (tertiary/aromatic N) is 1. The van der Waals surface area contributed by atoms with E-state index in [-0.39, 0.29) is 11.9 Å². The second kappa shape index (κ2) is 11.2. The minimum absolute atomic E-state index is 0.0356. The molecular weight excluding hydrogens is 347 g/mol. The summed E-state index contributed by atoms with van der Waals surface area (Å²) in [6, 6.07) is 5.55. The molecule has 24 heavy (non-hydrogen) atoms. The smallest absolute Gasteiger partial charge is 0.221 e. The standard InChI is InChI=1S/C17H26Cl2N4O/c1-4-12(3)23-16(24)8-9-21-17(20-5-2)22-11-13-6-7-14(18)10-15(13)19/h6-7,10,12H,4-5,8-9,11H2,1-3H3,(H,23,24)(H2,20,21,22). The van der Waals surface area contributed by atoms with Crippen molar-refractivity contribution in [3.05, 3.63) is 33.8 Å². The number of carbonyl (C=O) groups excluding carboxylic acids is 1. The molecule has 134 valence electrons. The third kappa shape index (κ3) is 7.88. The van der Waals surface area contributed by atoms with Gasteiger partial charge in [-0.25, -0.2) is 4.99 Å². The maximum absolute atomic E-state index is 11.8. The number of hydrogen-bond acceptors (Lipinski definition) is 2. The molecule has 0 heterocycles. The van der Waals surface area contributed by atoms with Gasteiger partial charge >= 0.3 is 0 Å². The van der Waals surface area contributed by atoms with Crippen molar-refractivity contribution in [2.75, 3.05) is 13.1 Å². The highest BCUT2D eigenvalue weighted by Crippen LogP contribution is 2.21. The molecule has 0 bridgehead atoms. The van der Waals surface area contributed by atoms with Crippen molar-refractivity contribution in [2.45, 2.75) is 46.2 Å². The summed E-state index contributed by atoms with van der Waals surface area (Å²) in [5.41, 5.74) is 0.896. The number of halogens is 2. The fourth-order valence-corrected chi connectivity index (χ4v) is 2.37. The van der Waals surface area contributed by atoms with E-state index in [1.54, 1.807) is 12.1 Å². The second-order valence-corrected chi connectivity index (χ2v) is 6.33. The van der Waals surface area contributed by atoms with E-state index in [9.17, 15) is 4.79 Å². The summed E-state index contributed by atoms with van der Waals surface area (Å²) < 4.78 is 0. The first-order valence-corrected chi connectivity index (χ1v) is 8.97. The van der Waals surface area contributed by atoms with Gasteiger partial charge < -0.3 is 16.0 Å². The maximum atomic E-state index is 11.8. The molecule has 0 saturated carbocycles. The summed E-state index contributed by atoms with van der Waals surface area (Å²) in [4.78, 5) is 16.2. The van der Waals surface area contributed by atoms with E-state index in [0.717, 1.165) is 18.5 Å². The van der Waals surface area contributed by atoms with Gasteiger partial charge in [-0.15, -0.1) is 0 Å². The third-order valence-corrected chi connectivity index (χ3v) is 4.02. The molecule has 0 fully saturated rings. The fourth-order valence-electron chi connectivity index (χ4n) is 1.90. The molecule has 7 heteroatoms. The van der Waals surface area contributed by atoms with E-state index in [0.29, 0.717) is 35.5 Å². The number of rotatable bonds is 8. The van der Waals surface area contributed by atoms with Crippen molar-refractivity contribution in [2.24, 2.45) is 4.99 Å². The molecule has 0 aliphatic rings. The van der Waals surface area contributed by atoms with Gasteiger partial charge in [0.25, 0.3) is 0 Å². The molecule has 1 unspecified atom stereocenters. The molecule has 1 aromatic rings. The van der Waals surface area contributed by atoms with Crippen molar-refractivity contribution >= 4 is 35.1 Å². The Morgan fingerprint density at radius 3 is 2.62 bits per heavy atom. The lowest BCUT2D eigenvalue weighted by atomic mass is 10.2. The van der Waals surface area contributed by atoms with E-state index in [1.165, 1.54) is 0 Å². The molecule has 0 aromatic heterocycles. The Kier molecular flexibility index (Phi) is 9.57. The molecule has 1 amide bonds. The summed E-state index contributed by atoms with van der Waals surface area (Å²) in [6.07, 6.45) is 1.32. The molecule has 1 rings (SSSR count). The number of benzene rings is 1. The normalized spacial score (nSPS) is 12.6. The van der Waals surface area contributed by atoms with Crippen LogP contribution in [0.1, 0.15) is 39.2 Å². The topological polar surface area (TPSA) is 65.5 Å². The predicted molar refractivity (Wildman–Crippen MR) is 102 cm³/mol. The molecule has 0 aliphatic heterocycles. The minimum atomic E-state index is 0.0356. The first-order valence-electron chi connectivity index (χ1n) is 8.21. The summed E-state index contributed by atoms with van der Waals surface area (Å²) in [6.45, 7) is 7.71. The first-order chi connectivity index (χ1) is 11.5. The van der Waals surface area contributed by atoms with Crippen LogP contribution in [0.15, 0.2) is 23.2 Å². The minimum Gasteiger partial charge on any atom is -0.357 e. The molecule has 1 aromatic carbocycles. The Bertz CT molecular complexity index is 564. The summed E-state index contributed by atoms with van der Waals surface area (Å²) >= 11 is 12.0. The Labute approximate surface area is 154 Å². The number of nitrogens with one attached hydrogen (secondary N) is 3. The zero-order valence-electron chi connectivity index (χ0n) is 14.5. The summed E-state index contributed by atoms with van der Waals surface area (Å²) in [5, 5.41) is 10.4. The molecule has 3 N–H and O–H groups in total. The molecule has 0 saturated heterocycles. The SMILES string of the molecule is CCNC(=NCc1ccc(Cl)cc1Cl)NCCC(=O)NC(C)CC. The van der Waals surface area contributed by atoms with E-state index < -0.39 is 0 Å². The Morgan fingerprint density at radius 2 is 2.00 bits per heavy atom. The first kappa shape index (κ1) is 20.6. The average Bonchev–Trinajstić information content (AvgIpc) is 2.53. The van der Waals surface area contributed by atoms with Gasteiger partial charge in [0.15, 0.2) is 5.96 Å². The Hall–Kier alpha value is -1.46.